The third-order valence-electron chi connectivity index (χ3n) is 5.38. The maximum atomic E-state index is 14.6. The van der Waals surface area contributed by atoms with E-state index in [0.29, 0.717) is 12.8 Å². The Balaban J connectivity index is 1.73. The number of nitrogens with zero attached hydrogens (tertiary/aromatic N) is 2. The Morgan fingerprint density at radius 2 is 2.09 bits per heavy atom. The molecule has 1 aromatic heterocycles. The second-order valence-corrected chi connectivity index (χ2v) is 8.04. The highest BCUT2D eigenvalue weighted by Crippen LogP contribution is 2.34. The number of anilines is 1. The van der Waals surface area contributed by atoms with Gasteiger partial charge >= 0.3 is 11.8 Å². The van der Waals surface area contributed by atoms with E-state index in [9.17, 15) is 24.2 Å². The quantitative estimate of drug-likeness (QED) is 0.490. The fourth-order valence-corrected chi connectivity index (χ4v) is 3.65. The molecule has 0 aromatic carbocycles. The Hall–Kier alpha value is -2.12. The van der Waals surface area contributed by atoms with E-state index in [2.05, 4.69) is 10.3 Å². The molecule has 3 N–H and O–H groups in total. The van der Waals surface area contributed by atoms with Crippen LogP contribution in [0, 0.1) is 5.82 Å². The van der Waals surface area contributed by atoms with Crippen molar-refractivity contribution in [3.63, 3.8) is 0 Å². The van der Waals surface area contributed by atoms with Crippen LogP contribution in [0.3, 0.4) is 0 Å². The summed E-state index contributed by atoms with van der Waals surface area (Å²) in [7, 11) is 0. The first-order chi connectivity index (χ1) is 15.2. The number of amides is 1. The molecule has 7 unspecified atom stereocenters. The van der Waals surface area contributed by atoms with E-state index in [1.54, 1.807) is 13.8 Å². The van der Waals surface area contributed by atoms with Gasteiger partial charge in [-0.05, 0) is 20.3 Å². The average Bonchev–Trinajstić information content (AvgIpc) is 3.20. The summed E-state index contributed by atoms with van der Waals surface area (Å²) in [4.78, 5) is 27.9. The van der Waals surface area contributed by atoms with Crippen molar-refractivity contribution in [1.82, 2.24) is 9.55 Å². The Bertz CT molecular complexity index is 853. The molecular formula is C20H30FN3O8. The van der Waals surface area contributed by atoms with E-state index in [0.717, 1.165) is 23.6 Å². The first kappa shape index (κ1) is 24.5. The van der Waals surface area contributed by atoms with Crippen molar-refractivity contribution >= 4 is 11.9 Å². The van der Waals surface area contributed by atoms with E-state index >= 15 is 0 Å². The molecular weight excluding hydrogens is 429 g/mol. The Morgan fingerprint density at radius 3 is 2.75 bits per heavy atom. The number of ether oxygens (including phenoxy) is 4. The molecule has 3 heterocycles. The molecule has 2 fully saturated rings. The van der Waals surface area contributed by atoms with Crippen LogP contribution in [0.2, 0.25) is 0 Å². The molecule has 11 nitrogen and oxygen atoms in total. The van der Waals surface area contributed by atoms with E-state index < -0.39 is 60.4 Å². The Morgan fingerprint density at radius 1 is 1.34 bits per heavy atom. The van der Waals surface area contributed by atoms with Crippen LogP contribution in [0.1, 0.15) is 52.7 Å². The predicted molar refractivity (Wildman–Crippen MR) is 108 cm³/mol. The molecule has 1 aromatic rings. The molecule has 32 heavy (non-hydrogen) atoms. The topological polar surface area (TPSA) is 141 Å². The minimum Gasteiger partial charge on any atom is -0.449 e. The van der Waals surface area contributed by atoms with Crippen LogP contribution in [0.25, 0.3) is 0 Å². The van der Waals surface area contributed by atoms with Gasteiger partial charge in [0.1, 0.15) is 18.3 Å². The third-order valence-corrected chi connectivity index (χ3v) is 5.38. The first-order valence-corrected chi connectivity index (χ1v) is 10.8. The van der Waals surface area contributed by atoms with Gasteiger partial charge in [-0.25, -0.2) is 14.0 Å². The molecule has 1 amide bonds. The number of aliphatic hydroxyl groups excluding tert-OH is 2. The van der Waals surface area contributed by atoms with Crippen molar-refractivity contribution < 1.29 is 38.3 Å². The molecule has 180 valence electrons. The van der Waals surface area contributed by atoms with Gasteiger partial charge in [-0.1, -0.05) is 19.8 Å². The van der Waals surface area contributed by atoms with Gasteiger partial charge in [-0.15, -0.1) is 0 Å². The van der Waals surface area contributed by atoms with E-state index in [1.165, 1.54) is 0 Å². The lowest BCUT2D eigenvalue weighted by atomic mass is 10.1. The molecule has 3 rings (SSSR count). The molecule has 2 saturated heterocycles. The number of unbranched alkanes of at least 4 members (excludes halogenated alkanes) is 2. The number of halogens is 1. The lowest BCUT2D eigenvalue weighted by Crippen LogP contribution is -2.42. The van der Waals surface area contributed by atoms with Crippen LogP contribution in [-0.4, -0.2) is 69.3 Å². The number of rotatable bonds is 8. The number of hydrogen-bond donors (Lipinski definition) is 3. The van der Waals surface area contributed by atoms with Crippen molar-refractivity contribution in [2.24, 2.45) is 0 Å². The van der Waals surface area contributed by atoms with Crippen LogP contribution < -0.4 is 11.0 Å². The molecule has 0 spiro atoms. The predicted octanol–water partition coefficient (Wildman–Crippen LogP) is 1.28. The van der Waals surface area contributed by atoms with Crippen molar-refractivity contribution in [1.29, 1.82) is 0 Å². The Kier molecular flexibility index (Phi) is 8.17. The highest BCUT2D eigenvalue weighted by Gasteiger charge is 2.47. The average molecular weight is 459 g/mol. The fraction of sp³-hybridized carbons (Fsp3) is 0.750. The standard InChI is InChI=1S/C20H30FN3O8/c1-4-5-6-7-29-20(28)23-16-12(21)9-24(19(27)22-16)17-15(14(26)11(3)31-17)32-18-13(25)8-10(2)30-18/h9-11,13-15,17-18,25-26H,4-8H2,1-3H3,(H,22,23,27,28). The largest absolute Gasteiger partial charge is 0.449 e. The van der Waals surface area contributed by atoms with Gasteiger partial charge in [0.2, 0.25) is 0 Å². The summed E-state index contributed by atoms with van der Waals surface area (Å²) in [6.45, 7) is 5.49. The second kappa shape index (κ2) is 10.7. The number of hydrogen-bond acceptors (Lipinski definition) is 9. The number of aromatic nitrogens is 2. The minimum atomic E-state index is -1.23. The normalized spacial score (nSPS) is 32.2. The summed E-state index contributed by atoms with van der Waals surface area (Å²) in [6, 6.07) is 0. The second-order valence-electron chi connectivity index (χ2n) is 8.04. The van der Waals surface area contributed by atoms with Gasteiger partial charge in [0.15, 0.2) is 24.2 Å². The summed E-state index contributed by atoms with van der Waals surface area (Å²) in [5.41, 5.74) is -0.936. The Labute approximate surface area is 184 Å². The molecule has 0 saturated carbocycles. The van der Waals surface area contributed by atoms with Gasteiger partial charge in [-0.3, -0.25) is 9.88 Å². The monoisotopic (exact) mass is 459 g/mol. The van der Waals surface area contributed by atoms with Crippen LogP contribution in [0.4, 0.5) is 15.0 Å². The summed E-state index contributed by atoms with van der Waals surface area (Å²) in [5, 5.41) is 22.6. The lowest BCUT2D eigenvalue weighted by molar-refractivity contribution is -0.216. The molecule has 12 heteroatoms. The maximum Gasteiger partial charge on any atom is 0.412 e. The fourth-order valence-electron chi connectivity index (χ4n) is 3.65. The van der Waals surface area contributed by atoms with Crippen molar-refractivity contribution in [3.8, 4) is 0 Å². The highest BCUT2D eigenvalue weighted by molar-refractivity contribution is 5.83. The van der Waals surface area contributed by atoms with Crippen LogP contribution >= 0.6 is 0 Å². The van der Waals surface area contributed by atoms with Crippen LogP contribution in [0.15, 0.2) is 11.0 Å². The summed E-state index contributed by atoms with van der Waals surface area (Å²) < 4.78 is 37.2. The summed E-state index contributed by atoms with van der Waals surface area (Å²) in [5.74, 6) is -1.59. The van der Waals surface area contributed by atoms with Crippen molar-refractivity contribution in [2.75, 3.05) is 11.9 Å². The van der Waals surface area contributed by atoms with Crippen molar-refractivity contribution in [2.45, 2.75) is 89.5 Å². The molecule has 0 radical (unpaired) electrons. The summed E-state index contributed by atoms with van der Waals surface area (Å²) in [6.07, 6.45) is -3.74. The van der Waals surface area contributed by atoms with Crippen LogP contribution in [0.5, 0.6) is 0 Å². The molecule has 2 aliphatic rings. The number of carbonyl (C=O) groups excluding carboxylic acids is 1. The number of aliphatic hydroxyl groups is 2. The van der Waals surface area contributed by atoms with Gasteiger partial charge < -0.3 is 29.2 Å². The zero-order valence-electron chi connectivity index (χ0n) is 18.3. The van der Waals surface area contributed by atoms with Gasteiger partial charge in [-0.2, -0.15) is 4.98 Å². The van der Waals surface area contributed by atoms with Gasteiger partial charge in [0.05, 0.1) is 25.0 Å². The van der Waals surface area contributed by atoms with Crippen LogP contribution in [-0.2, 0) is 18.9 Å². The molecule has 0 bridgehead atoms. The zero-order valence-corrected chi connectivity index (χ0v) is 18.3. The lowest BCUT2D eigenvalue weighted by Gasteiger charge is -2.26. The zero-order chi connectivity index (χ0) is 23.4. The first-order valence-electron chi connectivity index (χ1n) is 10.8. The summed E-state index contributed by atoms with van der Waals surface area (Å²) >= 11 is 0. The molecule has 2 aliphatic heterocycles. The smallest absolute Gasteiger partial charge is 0.412 e. The van der Waals surface area contributed by atoms with Gasteiger partial charge in [0.25, 0.3) is 0 Å². The maximum absolute atomic E-state index is 14.6. The SMILES string of the molecule is CCCCCOC(=O)Nc1nc(=O)n(C2OC(C)C(O)C2OC2OC(C)CC2O)cc1F. The van der Waals surface area contributed by atoms with Gasteiger partial charge in [0, 0.05) is 6.42 Å². The third kappa shape index (κ3) is 5.62. The number of carbonyl (C=O) groups is 1. The number of nitrogens with one attached hydrogen (secondary N) is 1. The molecule has 7 atom stereocenters. The molecule has 0 aliphatic carbocycles. The van der Waals surface area contributed by atoms with Crippen molar-refractivity contribution in [3.05, 3.63) is 22.5 Å². The van der Waals surface area contributed by atoms with E-state index in [-0.39, 0.29) is 12.7 Å². The van der Waals surface area contributed by atoms with E-state index in [1.807, 2.05) is 6.92 Å². The minimum absolute atomic E-state index is 0.163. The van der Waals surface area contributed by atoms with E-state index in [4.69, 9.17) is 18.9 Å². The highest BCUT2D eigenvalue weighted by atomic mass is 19.1.